The number of nitrogens with zero attached hydrogens (tertiary/aromatic N) is 1. The van der Waals surface area contributed by atoms with Crippen molar-refractivity contribution in [1.82, 2.24) is 4.98 Å². The lowest BCUT2D eigenvalue weighted by Gasteiger charge is -2.18. The molecule has 1 fully saturated rings. The summed E-state index contributed by atoms with van der Waals surface area (Å²) in [5.41, 5.74) is 0.417. The molecule has 1 heterocycles. The number of aromatic nitrogens is 1. The zero-order valence-electron chi connectivity index (χ0n) is 17.1. The Hall–Kier alpha value is -3.74. The summed E-state index contributed by atoms with van der Waals surface area (Å²) < 4.78 is 24.0. The highest BCUT2D eigenvalue weighted by Gasteiger charge is 2.64. The third-order valence-corrected chi connectivity index (χ3v) is 5.59. The monoisotopic (exact) mass is 420 g/mol. The van der Waals surface area contributed by atoms with Crippen LogP contribution in [0.1, 0.15) is 22.3 Å². The van der Waals surface area contributed by atoms with E-state index in [2.05, 4.69) is 10.3 Å². The van der Waals surface area contributed by atoms with E-state index in [1.165, 1.54) is 26.5 Å². The van der Waals surface area contributed by atoms with E-state index in [4.69, 9.17) is 9.47 Å². The second kappa shape index (κ2) is 8.18. The zero-order chi connectivity index (χ0) is 22.0. The van der Waals surface area contributed by atoms with Gasteiger partial charge in [0.2, 0.25) is 5.91 Å². The van der Waals surface area contributed by atoms with Gasteiger partial charge in [-0.3, -0.25) is 14.6 Å². The second-order valence-electron chi connectivity index (χ2n) is 7.37. The number of carbonyl (C=O) groups is 2. The summed E-state index contributed by atoms with van der Waals surface area (Å²) in [6, 6.07) is 15.4. The van der Waals surface area contributed by atoms with Crippen LogP contribution in [0.3, 0.4) is 0 Å². The fraction of sp³-hybridized carbons (Fsp3) is 0.208. The maximum atomic E-state index is 13.7. The Balaban J connectivity index is 1.68. The summed E-state index contributed by atoms with van der Waals surface area (Å²) in [4.78, 5) is 30.4. The van der Waals surface area contributed by atoms with E-state index < -0.39 is 17.2 Å². The molecule has 3 aromatic rings. The molecule has 0 spiro atoms. The van der Waals surface area contributed by atoms with Gasteiger partial charge in [0.1, 0.15) is 5.82 Å². The third kappa shape index (κ3) is 3.74. The summed E-state index contributed by atoms with van der Waals surface area (Å²) in [6.45, 7) is 0. The van der Waals surface area contributed by atoms with Crippen LogP contribution in [0.4, 0.5) is 10.1 Å². The van der Waals surface area contributed by atoms with Gasteiger partial charge in [-0.25, -0.2) is 4.39 Å². The van der Waals surface area contributed by atoms with Crippen LogP contribution >= 0.6 is 0 Å². The fourth-order valence-electron chi connectivity index (χ4n) is 3.96. The third-order valence-electron chi connectivity index (χ3n) is 5.59. The fourth-order valence-corrected chi connectivity index (χ4v) is 3.96. The average Bonchev–Trinajstić information content (AvgIpc) is 3.56. The molecule has 7 heteroatoms. The maximum absolute atomic E-state index is 13.7. The SMILES string of the molecule is COc1ccc(C(=O)C2(c3ccccc3)CC2C(=O)Nc2cncc(F)c2)cc1OC. The minimum absolute atomic E-state index is 0.183. The zero-order valence-corrected chi connectivity index (χ0v) is 17.1. The van der Waals surface area contributed by atoms with E-state index >= 15 is 0 Å². The van der Waals surface area contributed by atoms with Gasteiger partial charge in [0.05, 0.1) is 43.6 Å². The van der Waals surface area contributed by atoms with Crippen LogP contribution in [0.25, 0.3) is 0 Å². The number of rotatable bonds is 7. The van der Waals surface area contributed by atoms with Crippen LogP contribution in [-0.4, -0.2) is 30.9 Å². The average molecular weight is 420 g/mol. The van der Waals surface area contributed by atoms with Gasteiger partial charge in [0, 0.05) is 11.6 Å². The molecule has 158 valence electrons. The molecule has 1 saturated carbocycles. The van der Waals surface area contributed by atoms with Crippen molar-refractivity contribution >= 4 is 17.4 Å². The maximum Gasteiger partial charge on any atom is 0.228 e. The number of methoxy groups -OCH3 is 2. The molecule has 1 aromatic heterocycles. The molecular formula is C24H21FN2O4. The number of nitrogens with one attached hydrogen (secondary N) is 1. The Bertz CT molecular complexity index is 1140. The molecule has 0 radical (unpaired) electrons. The second-order valence-corrected chi connectivity index (χ2v) is 7.37. The van der Waals surface area contributed by atoms with E-state index in [0.717, 1.165) is 11.8 Å². The first-order valence-electron chi connectivity index (χ1n) is 9.73. The first kappa shape index (κ1) is 20.5. The van der Waals surface area contributed by atoms with Crippen LogP contribution in [0.5, 0.6) is 11.5 Å². The Kier molecular flexibility index (Phi) is 5.42. The molecule has 1 N–H and O–H groups in total. The van der Waals surface area contributed by atoms with Crippen molar-refractivity contribution in [3.05, 3.63) is 83.9 Å². The van der Waals surface area contributed by atoms with Crippen molar-refractivity contribution in [3.8, 4) is 11.5 Å². The molecule has 1 aliphatic carbocycles. The van der Waals surface area contributed by atoms with Crippen LogP contribution in [0, 0.1) is 11.7 Å². The van der Waals surface area contributed by atoms with E-state index in [0.29, 0.717) is 23.5 Å². The Morgan fingerprint density at radius 2 is 1.77 bits per heavy atom. The number of anilines is 1. The lowest BCUT2D eigenvalue weighted by Crippen LogP contribution is -2.28. The van der Waals surface area contributed by atoms with Crippen molar-refractivity contribution in [1.29, 1.82) is 0 Å². The van der Waals surface area contributed by atoms with Crippen LogP contribution < -0.4 is 14.8 Å². The first-order chi connectivity index (χ1) is 15.0. The number of carbonyl (C=O) groups excluding carboxylic acids is 2. The van der Waals surface area contributed by atoms with Crippen molar-refractivity contribution < 1.29 is 23.5 Å². The number of pyridine rings is 1. The molecule has 2 unspecified atom stereocenters. The van der Waals surface area contributed by atoms with Crippen molar-refractivity contribution in [2.75, 3.05) is 19.5 Å². The van der Waals surface area contributed by atoms with E-state index in [1.54, 1.807) is 18.2 Å². The van der Waals surface area contributed by atoms with Crippen molar-refractivity contribution in [2.24, 2.45) is 5.92 Å². The van der Waals surface area contributed by atoms with Gasteiger partial charge >= 0.3 is 0 Å². The van der Waals surface area contributed by atoms with Crippen molar-refractivity contribution in [2.45, 2.75) is 11.8 Å². The highest BCUT2D eigenvalue weighted by molar-refractivity contribution is 6.12. The summed E-state index contributed by atoms with van der Waals surface area (Å²) in [5, 5.41) is 2.68. The van der Waals surface area contributed by atoms with Crippen LogP contribution in [0.15, 0.2) is 67.0 Å². The van der Waals surface area contributed by atoms with Gasteiger partial charge in [0.15, 0.2) is 17.3 Å². The number of halogens is 1. The highest BCUT2D eigenvalue weighted by atomic mass is 19.1. The number of ketones is 1. The lowest BCUT2D eigenvalue weighted by molar-refractivity contribution is -0.117. The van der Waals surface area contributed by atoms with Gasteiger partial charge in [-0.1, -0.05) is 30.3 Å². The van der Waals surface area contributed by atoms with E-state index in [-0.39, 0.29) is 17.4 Å². The van der Waals surface area contributed by atoms with Gasteiger partial charge in [-0.15, -0.1) is 0 Å². The predicted octanol–water partition coefficient (Wildman–Crippen LogP) is 4.02. The van der Waals surface area contributed by atoms with Crippen LogP contribution in [0.2, 0.25) is 0 Å². The summed E-state index contributed by atoms with van der Waals surface area (Å²) in [7, 11) is 3.02. The van der Waals surface area contributed by atoms with Gasteiger partial charge in [-0.2, -0.15) is 0 Å². The van der Waals surface area contributed by atoms with E-state index in [9.17, 15) is 14.0 Å². The molecule has 0 saturated heterocycles. The topological polar surface area (TPSA) is 77.5 Å². The lowest BCUT2D eigenvalue weighted by atomic mass is 9.85. The molecule has 2 atom stereocenters. The Morgan fingerprint density at radius 3 is 2.45 bits per heavy atom. The molecule has 4 rings (SSSR count). The highest BCUT2D eigenvalue weighted by Crippen LogP contribution is 2.57. The van der Waals surface area contributed by atoms with Gasteiger partial charge < -0.3 is 14.8 Å². The molecule has 0 bridgehead atoms. The van der Waals surface area contributed by atoms with Crippen molar-refractivity contribution in [3.63, 3.8) is 0 Å². The minimum Gasteiger partial charge on any atom is -0.493 e. The smallest absolute Gasteiger partial charge is 0.228 e. The normalized spacial score (nSPS) is 19.4. The molecule has 2 aromatic carbocycles. The van der Waals surface area contributed by atoms with Gasteiger partial charge in [-0.05, 0) is 30.2 Å². The number of amides is 1. The largest absolute Gasteiger partial charge is 0.493 e. The predicted molar refractivity (Wildman–Crippen MR) is 113 cm³/mol. The quantitative estimate of drug-likeness (QED) is 0.585. The molecular weight excluding hydrogens is 399 g/mol. The Labute approximate surface area is 179 Å². The van der Waals surface area contributed by atoms with Crippen LogP contribution in [-0.2, 0) is 10.2 Å². The summed E-state index contributed by atoms with van der Waals surface area (Å²) >= 11 is 0. The number of Topliss-reactive ketones (excluding diaryl/α,β-unsaturated/α-hetero) is 1. The molecule has 0 aliphatic heterocycles. The standard InChI is InChI=1S/C24H21FN2O4/c1-30-20-9-8-15(10-21(20)31-2)22(28)24(16-6-4-3-5-7-16)12-19(24)23(29)27-18-11-17(25)13-26-14-18/h3-11,13-14,19H,12H2,1-2H3,(H,27,29). The molecule has 31 heavy (non-hydrogen) atoms. The number of benzene rings is 2. The Morgan fingerprint density at radius 1 is 1.03 bits per heavy atom. The number of ether oxygens (including phenoxy) is 2. The summed E-state index contributed by atoms with van der Waals surface area (Å²) in [5.74, 6) is -0.745. The number of hydrogen-bond donors (Lipinski definition) is 1. The molecule has 1 aliphatic rings. The first-order valence-corrected chi connectivity index (χ1v) is 9.73. The van der Waals surface area contributed by atoms with E-state index in [1.807, 2.05) is 30.3 Å². The molecule has 1 amide bonds. The molecule has 6 nitrogen and oxygen atoms in total. The van der Waals surface area contributed by atoms with Gasteiger partial charge in [0.25, 0.3) is 0 Å². The number of hydrogen-bond acceptors (Lipinski definition) is 5. The summed E-state index contributed by atoms with van der Waals surface area (Å²) in [6.07, 6.45) is 2.77. The minimum atomic E-state index is -1.01.